The minimum atomic E-state index is -1.03. The molecule has 11 nitrogen and oxygen atoms in total. The molecule has 1 amide bonds. The van der Waals surface area contributed by atoms with E-state index in [0.29, 0.717) is 39.3 Å². The number of ether oxygens (including phenoxy) is 4. The van der Waals surface area contributed by atoms with Gasteiger partial charge in [0.05, 0.1) is 23.7 Å². The molecule has 13 heteroatoms. The summed E-state index contributed by atoms with van der Waals surface area (Å²) in [4.78, 5) is 44.0. The number of amides is 1. The first-order valence-corrected chi connectivity index (χ1v) is 13.8. The van der Waals surface area contributed by atoms with Crippen molar-refractivity contribution in [2.75, 3.05) is 25.6 Å². The van der Waals surface area contributed by atoms with Crippen molar-refractivity contribution in [3.8, 4) is 34.4 Å². The molecule has 2 aromatic heterocycles. The Balaban J connectivity index is 1.32. The van der Waals surface area contributed by atoms with Crippen LogP contribution in [0.2, 0.25) is 0 Å². The summed E-state index contributed by atoms with van der Waals surface area (Å²) in [6.45, 7) is 3.95. The van der Waals surface area contributed by atoms with E-state index >= 15 is 4.39 Å². The van der Waals surface area contributed by atoms with Crippen LogP contribution in [0.25, 0.3) is 16.6 Å². The number of nitrogens with zero attached hydrogens (tertiary/aromatic N) is 3. The normalized spacial score (nSPS) is 12.3. The van der Waals surface area contributed by atoms with Crippen LogP contribution in [0, 0.1) is 11.6 Å². The van der Waals surface area contributed by atoms with Crippen LogP contribution in [0.3, 0.4) is 0 Å². The Hall–Kier alpha value is -5.72. The lowest BCUT2D eigenvalue weighted by Crippen LogP contribution is -2.43. The fourth-order valence-corrected chi connectivity index (χ4v) is 4.93. The summed E-state index contributed by atoms with van der Waals surface area (Å²) in [6.07, 6.45) is 2.59. The van der Waals surface area contributed by atoms with Crippen molar-refractivity contribution < 1.29 is 32.5 Å². The molecule has 0 radical (unpaired) electrons. The fourth-order valence-electron chi connectivity index (χ4n) is 4.93. The van der Waals surface area contributed by atoms with Crippen molar-refractivity contribution in [2.24, 2.45) is 0 Å². The van der Waals surface area contributed by atoms with Crippen LogP contribution < -0.4 is 35.5 Å². The molecule has 1 N–H and O–H groups in total. The second kappa shape index (κ2) is 11.8. The monoisotopic (exact) mass is 616 g/mol. The Morgan fingerprint density at radius 1 is 0.956 bits per heavy atom. The molecule has 230 valence electrons. The molecule has 3 aromatic carbocycles. The van der Waals surface area contributed by atoms with Crippen molar-refractivity contribution in [2.45, 2.75) is 19.9 Å². The first kappa shape index (κ1) is 29.4. The number of pyridine rings is 1. The van der Waals surface area contributed by atoms with E-state index in [0.717, 1.165) is 22.9 Å². The van der Waals surface area contributed by atoms with Gasteiger partial charge in [0.25, 0.3) is 11.5 Å². The van der Waals surface area contributed by atoms with Gasteiger partial charge in [-0.25, -0.2) is 18.1 Å². The van der Waals surface area contributed by atoms with E-state index in [9.17, 15) is 18.8 Å². The Bertz CT molecular complexity index is 2090. The van der Waals surface area contributed by atoms with Crippen LogP contribution in [0.1, 0.15) is 30.2 Å². The maximum Gasteiger partial charge on any atom is 0.336 e. The van der Waals surface area contributed by atoms with Gasteiger partial charge in [0.1, 0.15) is 30.3 Å². The molecule has 0 aliphatic carbocycles. The number of hydrogen-bond acceptors (Lipinski definition) is 8. The van der Waals surface area contributed by atoms with Crippen molar-refractivity contribution >= 4 is 22.5 Å². The van der Waals surface area contributed by atoms with Crippen LogP contribution in [0.15, 0.2) is 76.6 Å². The Labute approximate surface area is 254 Å². The number of aromatic nitrogens is 3. The summed E-state index contributed by atoms with van der Waals surface area (Å²) in [5, 5.41) is 2.93. The summed E-state index contributed by atoms with van der Waals surface area (Å²) < 4.78 is 54.6. The summed E-state index contributed by atoms with van der Waals surface area (Å²) in [7, 11) is 1.50. The van der Waals surface area contributed by atoms with Crippen molar-refractivity contribution in [1.82, 2.24) is 14.1 Å². The maximum absolute atomic E-state index is 15.4. The van der Waals surface area contributed by atoms with Crippen molar-refractivity contribution in [1.29, 1.82) is 0 Å². The molecule has 1 aliphatic rings. The van der Waals surface area contributed by atoms with Gasteiger partial charge in [0.2, 0.25) is 5.75 Å². The maximum atomic E-state index is 15.4. The minimum absolute atomic E-state index is 0.00224. The number of carbonyl (C=O) groups excluding carboxylic acids is 1. The van der Waals surface area contributed by atoms with E-state index in [2.05, 4.69) is 10.3 Å². The van der Waals surface area contributed by atoms with E-state index in [4.69, 9.17) is 18.9 Å². The van der Waals surface area contributed by atoms with Crippen molar-refractivity contribution in [3.05, 3.63) is 105 Å². The quantitative estimate of drug-likeness (QED) is 0.264. The number of anilines is 1. The second-order valence-corrected chi connectivity index (χ2v) is 10.3. The molecule has 0 spiro atoms. The topological polar surface area (TPSA) is 123 Å². The Kier molecular flexibility index (Phi) is 7.67. The number of halogens is 2. The summed E-state index contributed by atoms with van der Waals surface area (Å²) in [5.74, 6) is -1.33. The SMILES string of the molecule is COc1cc2nccc(Oc3ccc(NC(=O)c4cn(C(C)C)c(=O)n(-c5ccccc5F)c4=O)cc3F)c2c2c1OCCO2. The first-order valence-electron chi connectivity index (χ1n) is 13.8. The third-order valence-corrected chi connectivity index (χ3v) is 7.08. The number of para-hydroxylation sites is 1. The molecule has 0 fully saturated rings. The molecule has 3 heterocycles. The highest BCUT2D eigenvalue weighted by Gasteiger charge is 2.25. The smallest absolute Gasteiger partial charge is 0.336 e. The molecule has 45 heavy (non-hydrogen) atoms. The van der Waals surface area contributed by atoms with E-state index < -0.39 is 40.4 Å². The van der Waals surface area contributed by atoms with E-state index in [-0.39, 0.29) is 29.5 Å². The molecular formula is C32H26F2N4O7. The number of benzene rings is 3. The Morgan fingerprint density at radius 2 is 1.71 bits per heavy atom. The average molecular weight is 617 g/mol. The average Bonchev–Trinajstić information content (AvgIpc) is 3.02. The molecule has 0 bridgehead atoms. The van der Waals surface area contributed by atoms with E-state index in [1.54, 1.807) is 26.0 Å². The van der Waals surface area contributed by atoms with E-state index in [1.807, 2.05) is 0 Å². The third-order valence-electron chi connectivity index (χ3n) is 7.08. The number of hydrogen-bond donors (Lipinski definition) is 1. The van der Waals surface area contributed by atoms with Crippen LogP contribution in [0.4, 0.5) is 14.5 Å². The predicted molar refractivity (Wildman–Crippen MR) is 160 cm³/mol. The van der Waals surface area contributed by atoms with Crippen LogP contribution >= 0.6 is 0 Å². The number of methoxy groups -OCH3 is 1. The zero-order valence-corrected chi connectivity index (χ0v) is 24.3. The number of nitrogens with one attached hydrogen (secondary N) is 1. The van der Waals surface area contributed by atoms with E-state index in [1.165, 1.54) is 43.6 Å². The van der Waals surface area contributed by atoms with Crippen molar-refractivity contribution in [3.63, 3.8) is 0 Å². The van der Waals surface area contributed by atoms with Gasteiger partial charge in [-0.05, 0) is 44.2 Å². The highest BCUT2D eigenvalue weighted by Crippen LogP contribution is 2.48. The first-order chi connectivity index (χ1) is 21.7. The van der Waals surface area contributed by atoms with Gasteiger partial charge < -0.3 is 24.3 Å². The summed E-state index contributed by atoms with van der Waals surface area (Å²) in [5.41, 5.74) is -2.12. The molecule has 0 saturated heterocycles. The van der Waals surface area contributed by atoms with Crippen LogP contribution in [0.5, 0.6) is 28.7 Å². The fraction of sp³-hybridized carbons (Fsp3) is 0.188. The third kappa shape index (κ3) is 5.32. The van der Waals surface area contributed by atoms with Gasteiger partial charge >= 0.3 is 5.69 Å². The van der Waals surface area contributed by atoms with Crippen LogP contribution in [-0.2, 0) is 0 Å². The van der Waals surface area contributed by atoms with Crippen LogP contribution in [-0.4, -0.2) is 40.3 Å². The number of carbonyl (C=O) groups is 1. The largest absolute Gasteiger partial charge is 0.493 e. The summed E-state index contributed by atoms with van der Waals surface area (Å²) in [6, 6.07) is 11.7. The van der Waals surface area contributed by atoms with Gasteiger partial charge in [-0.3, -0.25) is 19.1 Å². The highest BCUT2D eigenvalue weighted by molar-refractivity contribution is 6.04. The lowest BCUT2D eigenvalue weighted by Gasteiger charge is -2.23. The lowest BCUT2D eigenvalue weighted by molar-refractivity contribution is 0.102. The van der Waals surface area contributed by atoms with Gasteiger partial charge in [0.15, 0.2) is 23.1 Å². The van der Waals surface area contributed by atoms with Gasteiger partial charge in [-0.1, -0.05) is 12.1 Å². The lowest BCUT2D eigenvalue weighted by atomic mass is 10.1. The molecule has 6 rings (SSSR count). The standard InChI is InChI=1S/C32H26F2N4O7/c1-17(2)37-16-19(31(40)38(32(37)41)23-7-5-4-6-20(23)33)30(39)36-18-8-9-24(21(34)14-18)45-25-10-11-35-22-15-26(42-3)28-29(27(22)25)44-13-12-43-28/h4-11,14-17H,12-13H2,1-3H3,(H,36,39). The Morgan fingerprint density at radius 3 is 2.42 bits per heavy atom. The molecule has 5 aromatic rings. The molecule has 0 atom stereocenters. The number of fused-ring (bicyclic) bond motifs is 3. The zero-order valence-electron chi connectivity index (χ0n) is 24.3. The number of rotatable bonds is 7. The molecular weight excluding hydrogens is 590 g/mol. The van der Waals surface area contributed by atoms with Gasteiger partial charge in [-0.2, -0.15) is 0 Å². The second-order valence-electron chi connectivity index (χ2n) is 10.3. The molecule has 1 aliphatic heterocycles. The zero-order chi connectivity index (χ0) is 31.8. The van der Waals surface area contributed by atoms with Gasteiger partial charge in [-0.15, -0.1) is 0 Å². The molecule has 0 unspecified atom stereocenters. The predicted octanol–water partition coefficient (Wildman–Crippen LogP) is 5.23. The molecule has 0 saturated carbocycles. The van der Waals surface area contributed by atoms with Gasteiger partial charge in [0, 0.05) is 36.3 Å². The summed E-state index contributed by atoms with van der Waals surface area (Å²) >= 11 is 0. The minimum Gasteiger partial charge on any atom is -0.493 e. The highest BCUT2D eigenvalue weighted by atomic mass is 19.1.